The molecule has 1 aromatic carbocycles. The summed E-state index contributed by atoms with van der Waals surface area (Å²) in [4.78, 5) is 43.9. The van der Waals surface area contributed by atoms with Gasteiger partial charge in [0.1, 0.15) is 0 Å². The molecule has 0 radical (unpaired) electrons. The normalized spacial score (nSPS) is 23.5. The van der Waals surface area contributed by atoms with E-state index in [1.54, 1.807) is 20.3 Å². The molecule has 2 amide bonds. The Hall–Kier alpha value is -2.93. The summed E-state index contributed by atoms with van der Waals surface area (Å²) in [5.41, 5.74) is 0.0231. The molecule has 222 valence electrons. The van der Waals surface area contributed by atoms with Crippen molar-refractivity contribution in [3.8, 4) is 11.1 Å². The van der Waals surface area contributed by atoms with Crippen molar-refractivity contribution in [2.75, 3.05) is 27.2 Å². The largest absolute Gasteiger partial charge is 0.387 e. The van der Waals surface area contributed by atoms with E-state index in [-0.39, 0.29) is 29.8 Å². The lowest BCUT2D eigenvalue weighted by molar-refractivity contribution is -0.163. The second-order valence-electron chi connectivity index (χ2n) is 13.3. The fourth-order valence-electron chi connectivity index (χ4n) is 7.87. The summed E-state index contributed by atoms with van der Waals surface area (Å²) in [5.74, 6) is 0.671. The highest BCUT2D eigenvalue weighted by atomic mass is 16.3. The minimum absolute atomic E-state index is 0.00417. The smallest absolute Gasteiger partial charge is 0.255 e. The van der Waals surface area contributed by atoms with E-state index in [1.807, 2.05) is 35.2 Å². The molecule has 1 spiro atoms. The highest BCUT2D eigenvalue weighted by Crippen LogP contribution is 2.52. The topological polar surface area (TPSA) is 82.8 Å². The van der Waals surface area contributed by atoms with Crippen molar-refractivity contribution >= 4 is 11.8 Å². The molecule has 2 atom stereocenters. The summed E-state index contributed by atoms with van der Waals surface area (Å²) >= 11 is 0. The van der Waals surface area contributed by atoms with Crippen LogP contribution < -0.4 is 5.56 Å². The molecule has 41 heavy (non-hydrogen) atoms. The van der Waals surface area contributed by atoms with Gasteiger partial charge < -0.3 is 19.5 Å². The molecule has 2 aliphatic carbocycles. The van der Waals surface area contributed by atoms with E-state index in [9.17, 15) is 19.5 Å². The molecule has 2 aromatic rings. The predicted octanol–water partition coefficient (Wildman–Crippen LogP) is 5.35. The number of piperidine rings is 1. The van der Waals surface area contributed by atoms with Crippen LogP contribution in [0.5, 0.6) is 0 Å². The highest BCUT2D eigenvalue weighted by molar-refractivity contribution is 6.00. The van der Waals surface area contributed by atoms with E-state index in [4.69, 9.17) is 0 Å². The van der Waals surface area contributed by atoms with E-state index < -0.39 is 11.0 Å². The van der Waals surface area contributed by atoms with Gasteiger partial charge in [-0.1, -0.05) is 82.2 Å². The summed E-state index contributed by atoms with van der Waals surface area (Å²) < 4.78 is 1.53. The van der Waals surface area contributed by atoms with Gasteiger partial charge in [-0.3, -0.25) is 14.4 Å². The predicted molar refractivity (Wildman–Crippen MR) is 162 cm³/mol. The van der Waals surface area contributed by atoms with Crippen LogP contribution >= 0.6 is 0 Å². The van der Waals surface area contributed by atoms with Crippen LogP contribution in [-0.2, 0) is 11.3 Å². The number of benzene rings is 1. The van der Waals surface area contributed by atoms with Gasteiger partial charge in [0.25, 0.3) is 11.5 Å². The Morgan fingerprint density at radius 1 is 1.02 bits per heavy atom. The van der Waals surface area contributed by atoms with Crippen LogP contribution in [0.1, 0.15) is 87.9 Å². The van der Waals surface area contributed by atoms with Gasteiger partial charge in [0.15, 0.2) is 0 Å². The maximum Gasteiger partial charge on any atom is 0.255 e. The SMILES string of the molecule is C[C@H](CC1CCCCC1)C(=O)N1CC[C@@](O)(Cn2cc(C(=O)N(C)C)c(-c3ccccc3)cc2=O)C2(CCCC2)C1. The number of aliphatic hydroxyl groups is 1. The first-order chi connectivity index (χ1) is 19.6. The number of carbonyl (C=O) groups excluding carboxylic acids is 2. The van der Waals surface area contributed by atoms with Crippen molar-refractivity contribution in [1.29, 1.82) is 0 Å². The summed E-state index contributed by atoms with van der Waals surface area (Å²) in [6.07, 6.45) is 13.0. The van der Waals surface area contributed by atoms with Crippen molar-refractivity contribution in [1.82, 2.24) is 14.4 Å². The monoisotopic (exact) mass is 561 g/mol. The van der Waals surface area contributed by atoms with E-state index in [0.717, 1.165) is 37.7 Å². The molecule has 2 heterocycles. The first-order valence-corrected chi connectivity index (χ1v) is 15.7. The summed E-state index contributed by atoms with van der Waals surface area (Å²) in [6.45, 7) is 3.23. The van der Waals surface area contributed by atoms with E-state index in [0.29, 0.717) is 36.6 Å². The molecule has 0 unspecified atom stereocenters. The average molecular weight is 562 g/mol. The molecule has 7 heteroatoms. The number of likely N-dealkylation sites (tertiary alicyclic amines) is 1. The molecule has 0 bridgehead atoms. The second-order valence-corrected chi connectivity index (χ2v) is 13.3. The zero-order chi connectivity index (χ0) is 29.2. The number of nitrogens with zero attached hydrogens (tertiary/aromatic N) is 3. The Morgan fingerprint density at radius 2 is 1.71 bits per heavy atom. The quantitative estimate of drug-likeness (QED) is 0.494. The van der Waals surface area contributed by atoms with Crippen molar-refractivity contribution in [3.63, 3.8) is 0 Å². The minimum atomic E-state index is -1.14. The number of rotatable bonds is 7. The first-order valence-electron chi connectivity index (χ1n) is 15.7. The fourth-order valence-corrected chi connectivity index (χ4v) is 7.87. The maximum atomic E-state index is 13.6. The zero-order valence-electron chi connectivity index (χ0n) is 25.1. The standard InChI is InChI=1S/C34H47N3O4/c1-25(20-26-12-6-4-7-13-26)31(39)36-19-18-34(41,33(23-36)16-10-11-17-33)24-37-22-29(32(40)35(2)3)28(21-30(37)38)27-14-8-5-9-15-27/h5,8-9,14-15,21-22,25-26,41H,4,6-7,10-13,16-20,23-24H2,1-3H3/t25-,34-/m1/s1. The molecule has 1 saturated heterocycles. The van der Waals surface area contributed by atoms with Crippen molar-refractivity contribution in [2.24, 2.45) is 17.3 Å². The zero-order valence-corrected chi connectivity index (χ0v) is 25.1. The van der Waals surface area contributed by atoms with Crippen LogP contribution in [0.15, 0.2) is 47.4 Å². The number of hydrogen-bond acceptors (Lipinski definition) is 4. The summed E-state index contributed by atoms with van der Waals surface area (Å²) in [6, 6.07) is 11.0. The number of hydrogen-bond donors (Lipinski definition) is 1. The molecule has 2 saturated carbocycles. The van der Waals surface area contributed by atoms with Gasteiger partial charge in [-0.05, 0) is 37.2 Å². The molecule has 3 fully saturated rings. The van der Waals surface area contributed by atoms with Crippen LogP contribution in [0.3, 0.4) is 0 Å². The van der Waals surface area contributed by atoms with Gasteiger partial charge in [0.05, 0.1) is 17.7 Å². The molecular formula is C34H47N3O4. The van der Waals surface area contributed by atoms with Gasteiger partial charge in [0.2, 0.25) is 5.91 Å². The van der Waals surface area contributed by atoms with E-state index in [1.165, 1.54) is 47.6 Å². The Morgan fingerprint density at radius 3 is 2.37 bits per heavy atom. The lowest BCUT2D eigenvalue weighted by Crippen LogP contribution is -2.62. The Kier molecular flexibility index (Phi) is 8.74. The molecule has 1 aromatic heterocycles. The molecule has 5 rings (SSSR count). The Balaban J connectivity index is 1.40. The van der Waals surface area contributed by atoms with Gasteiger partial charge in [-0.2, -0.15) is 0 Å². The Labute approximate surface area is 244 Å². The van der Waals surface area contributed by atoms with Crippen LogP contribution in [0.25, 0.3) is 11.1 Å². The number of aromatic nitrogens is 1. The van der Waals surface area contributed by atoms with Gasteiger partial charge >= 0.3 is 0 Å². The third kappa shape index (κ3) is 6.01. The average Bonchev–Trinajstić information content (AvgIpc) is 3.45. The van der Waals surface area contributed by atoms with Crippen molar-refractivity contribution in [2.45, 2.75) is 89.7 Å². The van der Waals surface area contributed by atoms with Gasteiger partial charge in [-0.25, -0.2) is 0 Å². The van der Waals surface area contributed by atoms with Crippen molar-refractivity contribution in [3.05, 3.63) is 58.5 Å². The van der Waals surface area contributed by atoms with Crippen molar-refractivity contribution < 1.29 is 14.7 Å². The molecule has 3 aliphatic rings. The lowest BCUT2D eigenvalue weighted by atomic mass is 9.65. The van der Waals surface area contributed by atoms with Crippen LogP contribution in [0, 0.1) is 17.3 Å². The van der Waals surface area contributed by atoms with Crippen LogP contribution in [0.2, 0.25) is 0 Å². The van der Waals surface area contributed by atoms with Crippen LogP contribution in [0.4, 0.5) is 0 Å². The lowest BCUT2D eigenvalue weighted by Gasteiger charge is -2.53. The molecule has 7 nitrogen and oxygen atoms in total. The minimum Gasteiger partial charge on any atom is -0.387 e. The maximum absolute atomic E-state index is 13.6. The van der Waals surface area contributed by atoms with Crippen LogP contribution in [-0.4, -0.2) is 64.1 Å². The highest BCUT2D eigenvalue weighted by Gasteiger charge is 2.55. The number of amides is 2. The third-order valence-electron chi connectivity index (χ3n) is 10.3. The summed E-state index contributed by atoms with van der Waals surface area (Å²) in [5, 5.41) is 12.3. The number of carbonyl (C=O) groups is 2. The van der Waals surface area contributed by atoms with E-state index >= 15 is 0 Å². The molecule has 1 aliphatic heterocycles. The fraction of sp³-hybridized carbons (Fsp3) is 0.618. The third-order valence-corrected chi connectivity index (χ3v) is 10.3. The summed E-state index contributed by atoms with van der Waals surface area (Å²) in [7, 11) is 3.41. The molecular weight excluding hydrogens is 514 g/mol. The first kappa shape index (κ1) is 29.6. The Bertz CT molecular complexity index is 1290. The second kappa shape index (κ2) is 12.1. The number of pyridine rings is 1. The van der Waals surface area contributed by atoms with Gasteiger partial charge in [0, 0.05) is 56.3 Å². The van der Waals surface area contributed by atoms with E-state index in [2.05, 4.69) is 6.92 Å². The molecule has 1 N–H and O–H groups in total. The van der Waals surface area contributed by atoms with Gasteiger partial charge in [-0.15, -0.1) is 0 Å².